The Labute approximate surface area is 174 Å². The second-order valence-electron chi connectivity index (χ2n) is 7.12. The van der Waals surface area contributed by atoms with Gasteiger partial charge in [-0.3, -0.25) is 9.69 Å². The highest BCUT2D eigenvalue weighted by Gasteiger charge is 2.23. The zero-order chi connectivity index (χ0) is 20.1. The van der Waals surface area contributed by atoms with Crippen molar-refractivity contribution in [2.75, 3.05) is 19.7 Å². The van der Waals surface area contributed by atoms with Crippen molar-refractivity contribution in [3.63, 3.8) is 0 Å². The first-order valence-corrected chi connectivity index (χ1v) is 10.7. The van der Waals surface area contributed by atoms with Gasteiger partial charge in [-0.05, 0) is 30.5 Å². The number of para-hydroxylation sites is 1. The number of aromatic nitrogens is 3. The minimum absolute atomic E-state index is 0.0239. The van der Waals surface area contributed by atoms with Crippen LogP contribution in [0, 0.1) is 0 Å². The first-order valence-electron chi connectivity index (χ1n) is 9.83. The Balaban J connectivity index is 1.33. The van der Waals surface area contributed by atoms with Gasteiger partial charge in [0.15, 0.2) is 12.4 Å². The Kier molecular flexibility index (Phi) is 6.21. The summed E-state index contributed by atoms with van der Waals surface area (Å²) in [7, 11) is 0. The molecule has 0 unspecified atom stereocenters. The van der Waals surface area contributed by atoms with Crippen molar-refractivity contribution in [1.29, 1.82) is 0 Å². The Hall–Kier alpha value is -2.71. The lowest BCUT2D eigenvalue weighted by Crippen LogP contribution is -2.33. The summed E-state index contributed by atoms with van der Waals surface area (Å²) in [6.07, 6.45) is 0.857. The molecule has 3 aromatic rings. The van der Waals surface area contributed by atoms with Crippen LogP contribution >= 0.6 is 11.3 Å². The van der Waals surface area contributed by atoms with Crippen LogP contribution in [0.4, 0.5) is 0 Å². The summed E-state index contributed by atoms with van der Waals surface area (Å²) in [6, 6.07) is 13.4. The van der Waals surface area contributed by atoms with Gasteiger partial charge in [0.05, 0.1) is 6.04 Å². The van der Waals surface area contributed by atoms with E-state index in [-0.39, 0.29) is 18.6 Å². The quantitative estimate of drug-likeness (QED) is 0.647. The molecule has 8 heteroatoms. The van der Waals surface area contributed by atoms with Crippen LogP contribution in [0.15, 0.2) is 47.8 Å². The van der Waals surface area contributed by atoms with Crippen LogP contribution < -0.4 is 10.1 Å². The third-order valence-electron chi connectivity index (χ3n) is 4.98. The molecule has 0 bridgehead atoms. The number of hydrogen-bond donors (Lipinski definition) is 1. The molecule has 0 fully saturated rings. The van der Waals surface area contributed by atoms with Crippen molar-refractivity contribution in [3.05, 3.63) is 64.4 Å². The second-order valence-corrected chi connectivity index (χ2v) is 8.15. The average molecular weight is 412 g/mol. The highest BCUT2D eigenvalue weighted by atomic mass is 32.1. The van der Waals surface area contributed by atoms with Gasteiger partial charge >= 0.3 is 0 Å². The molecule has 1 aromatic carbocycles. The largest absolute Gasteiger partial charge is 0.484 e. The van der Waals surface area contributed by atoms with E-state index in [4.69, 9.17) is 4.74 Å². The highest BCUT2D eigenvalue weighted by molar-refractivity contribution is 7.09. The number of carbonyl (C=O) groups excluding carboxylic acids is 1. The fourth-order valence-corrected chi connectivity index (χ4v) is 4.25. The number of benzene rings is 1. The molecule has 4 rings (SSSR count). The minimum Gasteiger partial charge on any atom is -0.484 e. The third kappa shape index (κ3) is 5.02. The first kappa shape index (κ1) is 19.6. The number of nitrogens with zero attached hydrogens (tertiary/aromatic N) is 4. The van der Waals surface area contributed by atoms with Crippen molar-refractivity contribution in [1.82, 2.24) is 25.0 Å². The number of thiophene rings is 1. The lowest BCUT2D eigenvalue weighted by molar-refractivity contribution is -0.123. The van der Waals surface area contributed by atoms with E-state index >= 15 is 0 Å². The maximum atomic E-state index is 12.3. The predicted molar refractivity (Wildman–Crippen MR) is 112 cm³/mol. The Morgan fingerprint density at radius 1 is 1.17 bits per heavy atom. The van der Waals surface area contributed by atoms with Gasteiger partial charge in [-0.25, -0.2) is 0 Å². The average Bonchev–Trinajstić information content (AvgIpc) is 3.34. The van der Waals surface area contributed by atoms with Crippen molar-refractivity contribution in [2.24, 2.45) is 0 Å². The molecule has 0 aliphatic carbocycles. The summed E-state index contributed by atoms with van der Waals surface area (Å²) >= 11 is 1.79. The number of carbonyl (C=O) groups is 1. The van der Waals surface area contributed by atoms with Crippen molar-refractivity contribution in [2.45, 2.75) is 32.5 Å². The number of amides is 1. The molecule has 2 aromatic heterocycles. The van der Waals surface area contributed by atoms with Gasteiger partial charge < -0.3 is 14.6 Å². The van der Waals surface area contributed by atoms with Crippen LogP contribution in [0.5, 0.6) is 5.75 Å². The van der Waals surface area contributed by atoms with Crippen LogP contribution in [0.3, 0.4) is 0 Å². The fraction of sp³-hybridized carbons (Fsp3) is 0.381. The molecule has 1 atom stereocenters. The molecule has 0 spiro atoms. The Morgan fingerprint density at radius 3 is 2.83 bits per heavy atom. The molecule has 29 heavy (non-hydrogen) atoms. The molecule has 3 heterocycles. The van der Waals surface area contributed by atoms with Gasteiger partial charge in [-0.15, -0.1) is 21.5 Å². The fourth-order valence-electron chi connectivity index (χ4n) is 3.50. The normalized spacial score (nSPS) is 15.3. The molecule has 1 N–H and O–H groups in total. The van der Waals surface area contributed by atoms with Crippen LogP contribution in [-0.4, -0.2) is 45.3 Å². The SMILES string of the molecule is C[C@H](NC(=O)COc1ccccc1)c1nnc2n1CCN(Cc1cccs1)CC2. The van der Waals surface area contributed by atoms with Crippen molar-refractivity contribution < 1.29 is 9.53 Å². The van der Waals surface area contributed by atoms with Gasteiger partial charge in [0.1, 0.15) is 11.6 Å². The molecule has 1 aliphatic heterocycles. The first-order chi connectivity index (χ1) is 14.2. The standard InChI is InChI=1S/C21H25N5O2S/c1-16(22-20(27)15-28-17-6-3-2-4-7-17)21-24-23-19-9-10-25(11-12-26(19)21)14-18-8-5-13-29-18/h2-8,13,16H,9-12,14-15H2,1H3,(H,22,27)/t16-/m0/s1. The minimum atomic E-state index is -0.230. The Morgan fingerprint density at radius 2 is 2.03 bits per heavy atom. The topological polar surface area (TPSA) is 72.3 Å². The highest BCUT2D eigenvalue weighted by Crippen LogP contribution is 2.18. The monoisotopic (exact) mass is 411 g/mol. The van der Waals surface area contributed by atoms with E-state index in [2.05, 4.69) is 42.5 Å². The van der Waals surface area contributed by atoms with Gasteiger partial charge in [0.2, 0.25) is 0 Å². The molecule has 0 saturated carbocycles. The van der Waals surface area contributed by atoms with Crippen LogP contribution in [0.25, 0.3) is 0 Å². The van der Waals surface area contributed by atoms with E-state index < -0.39 is 0 Å². The number of nitrogens with one attached hydrogen (secondary N) is 1. The predicted octanol–water partition coefficient (Wildman–Crippen LogP) is 2.65. The molecule has 0 saturated heterocycles. The molecule has 0 radical (unpaired) electrons. The van der Waals surface area contributed by atoms with E-state index in [1.165, 1.54) is 4.88 Å². The summed E-state index contributed by atoms with van der Waals surface area (Å²) in [5, 5.41) is 13.8. The summed E-state index contributed by atoms with van der Waals surface area (Å²) in [4.78, 5) is 16.1. The number of rotatable bonds is 7. The zero-order valence-corrected chi connectivity index (χ0v) is 17.3. The van der Waals surface area contributed by atoms with E-state index in [1.54, 1.807) is 11.3 Å². The van der Waals surface area contributed by atoms with Gasteiger partial charge in [0, 0.05) is 37.5 Å². The summed E-state index contributed by atoms with van der Waals surface area (Å²) in [6.45, 7) is 5.60. The summed E-state index contributed by atoms with van der Waals surface area (Å²) in [5.41, 5.74) is 0. The smallest absolute Gasteiger partial charge is 0.258 e. The van der Waals surface area contributed by atoms with E-state index in [9.17, 15) is 4.79 Å². The molecule has 7 nitrogen and oxygen atoms in total. The van der Waals surface area contributed by atoms with Crippen molar-refractivity contribution >= 4 is 17.2 Å². The lowest BCUT2D eigenvalue weighted by atomic mass is 10.3. The van der Waals surface area contributed by atoms with E-state index in [0.717, 1.165) is 44.2 Å². The van der Waals surface area contributed by atoms with Gasteiger partial charge in [-0.2, -0.15) is 0 Å². The van der Waals surface area contributed by atoms with E-state index in [0.29, 0.717) is 5.75 Å². The maximum absolute atomic E-state index is 12.3. The van der Waals surface area contributed by atoms with Gasteiger partial charge in [-0.1, -0.05) is 24.3 Å². The number of ether oxygens (including phenoxy) is 1. The molecular weight excluding hydrogens is 386 g/mol. The third-order valence-corrected chi connectivity index (χ3v) is 5.85. The van der Waals surface area contributed by atoms with Crippen LogP contribution in [0.1, 0.15) is 29.5 Å². The Bertz CT molecular complexity index is 926. The maximum Gasteiger partial charge on any atom is 0.258 e. The number of fused-ring (bicyclic) bond motifs is 1. The second kappa shape index (κ2) is 9.19. The van der Waals surface area contributed by atoms with Crippen molar-refractivity contribution in [3.8, 4) is 5.75 Å². The molecular formula is C21H25N5O2S. The zero-order valence-electron chi connectivity index (χ0n) is 16.5. The van der Waals surface area contributed by atoms with Crippen LogP contribution in [0.2, 0.25) is 0 Å². The van der Waals surface area contributed by atoms with E-state index in [1.807, 2.05) is 37.3 Å². The lowest BCUT2D eigenvalue weighted by Gasteiger charge is -2.19. The molecule has 152 valence electrons. The summed E-state index contributed by atoms with van der Waals surface area (Å²) < 4.78 is 7.67. The van der Waals surface area contributed by atoms with Gasteiger partial charge in [0.25, 0.3) is 5.91 Å². The molecule has 1 amide bonds. The summed E-state index contributed by atoms with van der Waals surface area (Å²) in [5.74, 6) is 2.28. The van der Waals surface area contributed by atoms with Crippen LogP contribution in [-0.2, 0) is 24.3 Å². The molecule has 1 aliphatic rings. The number of hydrogen-bond acceptors (Lipinski definition) is 6.